The molecule has 9 heterocycles. The van der Waals surface area contributed by atoms with E-state index in [4.69, 9.17) is 38.2 Å². The number of ether oxygens (including phenoxy) is 4. The Morgan fingerprint density at radius 3 is 1.20 bits per heavy atom. The highest BCUT2D eigenvalue weighted by Crippen LogP contribution is 2.42. The van der Waals surface area contributed by atoms with E-state index in [-0.39, 0.29) is 121 Å². The standard InChI is InChI=1S/C39H45N5O4.C33H39BN2O4.C13H19BrN2O2.4H2S/c1-38(2,3)47-36(45)43-17-7-9-33(43)31-22-29-21-27(15-16-30(29)41-31)24-11-12-26-20-28(14-13-25(26)19-24)32-23-40-35(42-32)34-10-8-18-44(34)37(46)48-39(4,5)6;1-31(2,3)38-30(37)36-16-8-9-29(36)28-20-25-18-23(13-15-27(25)35-28)21-10-11-24-19-26(14-12-22(24)17-21)34-39-32(4,5)33(6,7)40-34;1-13(2,3)18-12(17)16-6-4-5-11(16)10-7-9(14)8-15-10;;;;/h11-16,19-21,23,33-34H,7-10,17-18,22H2,1-6H3,(H,40,42);10-15,17-19,29H,8-9,16,20H2,1-7H3;8,11H,4-7H2,1-3H3;4*1H2/t33-,34?;29-;11-;;;;/m000..../s1. The Hall–Kier alpha value is -7.26. The van der Waals surface area contributed by atoms with Gasteiger partial charge in [-0.25, -0.2) is 24.2 Å². The zero-order chi connectivity index (χ0) is 75.6. The zero-order valence-electron chi connectivity index (χ0n) is 66.6. The highest BCUT2D eigenvalue weighted by atomic mass is 79.9. The number of hydrogen-bond donors (Lipinski definition) is 1. The summed E-state index contributed by atoms with van der Waals surface area (Å²) >= 11 is 3.44. The number of rotatable bonds is 8. The van der Waals surface area contributed by atoms with E-state index in [1.807, 2.05) is 110 Å². The van der Waals surface area contributed by atoms with Crippen molar-refractivity contribution >= 4 is 157 Å². The predicted molar refractivity (Wildman–Crippen MR) is 467 cm³/mol. The molecule has 6 aromatic carbocycles. The average Bonchev–Trinajstić information content (AvgIpc) is 1.54. The Morgan fingerprint density at radius 1 is 0.455 bits per heavy atom. The largest absolute Gasteiger partial charge is 0.494 e. The molecule has 8 aliphatic rings. The molecule has 4 atom stereocenters. The molecule has 25 heteroatoms. The third kappa shape index (κ3) is 20.0. The van der Waals surface area contributed by atoms with Gasteiger partial charge in [-0.05, 0) is 265 Å². The first-order chi connectivity index (χ1) is 50.0. The molecule has 1 aromatic heterocycles. The number of imidazole rings is 1. The van der Waals surface area contributed by atoms with Crippen LogP contribution in [0.15, 0.2) is 141 Å². The number of aromatic nitrogens is 2. The number of carbonyl (C=O) groups is 4. The van der Waals surface area contributed by atoms with Gasteiger partial charge in [0, 0.05) is 78.8 Å². The maximum atomic E-state index is 12.9. The molecule has 0 spiro atoms. The van der Waals surface area contributed by atoms with Gasteiger partial charge in [0.05, 0.1) is 58.6 Å². The minimum atomic E-state index is -0.538. The summed E-state index contributed by atoms with van der Waals surface area (Å²) in [5.41, 5.74) is 12.5. The van der Waals surface area contributed by atoms with Crippen molar-refractivity contribution < 1.29 is 47.4 Å². The van der Waals surface area contributed by atoms with Crippen LogP contribution in [0.5, 0.6) is 0 Å². The molecule has 1 unspecified atom stereocenters. The summed E-state index contributed by atoms with van der Waals surface area (Å²) in [7, 11) is -0.369. The van der Waals surface area contributed by atoms with Crippen molar-refractivity contribution in [3.05, 3.63) is 143 Å². The second-order valence-corrected chi connectivity index (χ2v) is 35.3. The number of halogens is 1. The second kappa shape index (κ2) is 34.2. The molecule has 15 rings (SSSR count). The molecular weight excluding hydrogens is 1530 g/mol. The Balaban J connectivity index is 0.000000203. The summed E-state index contributed by atoms with van der Waals surface area (Å²) in [4.78, 5) is 80.5. The molecule has 8 aliphatic heterocycles. The second-order valence-electron chi connectivity index (χ2n) is 34.3. The van der Waals surface area contributed by atoms with Crippen molar-refractivity contribution in [2.45, 2.75) is 239 Å². The van der Waals surface area contributed by atoms with Crippen LogP contribution >= 0.6 is 69.9 Å². The molecule has 5 fully saturated rings. The van der Waals surface area contributed by atoms with Crippen molar-refractivity contribution in [2.24, 2.45) is 15.0 Å². The quantitative estimate of drug-likeness (QED) is 0.112. The van der Waals surface area contributed by atoms with Gasteiger partial charge >= 0.3 is 31.5 Å². The highest BCUT2D eigenvalue weighted by molar-refractivity contribution is 9.11. The molecule has 590 valence electrons. The molecule has 7 aromatic rings. The van der Waals surface area contributed by atoms with E-state index in [1.54, 1.807) is 4.90 Å². The van der Waals surface area contributed by atoms with Crippen LogP contribution in [0, 0.1) is 0 Å². The molecule has 0 radical (unpaired) electrons. The van der Waals surface area contributed by atoms with Gasteiger partial charge in [0.1, 0.15) is 28.2 Å². The van der Waals surface area contributed by atoms with E-state index in [0.717, 1.165) is 160 Å². The lowest BCUT2D eigenvalue weighted by Crippen LogP contribution is -2.43. The Bertz CT molecular complexity index is 4690. The van der Waals surface area contributed by atoms with Gasteiger partial charge in [-0.15, -0.1) is 0 Å². The third-order valence-corrected chi connectivity index (χ3v) is 21.4. The van der Waals surface area contributed by atoms with E-state index in [9.17, 15) is 19.2 Å². The van der Waals surface area contributed by atoms with Gasteiger partial charge in [-0.2, -0.15) is 54.0 Å². The van der Waals surface area contributed by atoms with Crippen LogP contribution in [-0.4, -0.2) is 156 Å². The summed E-state index contributed by atoms with van der Waals surface area (Å²) in [6.07, 6.45) is 12.5. The average molecular weight is 1640 g/mol. The van der Waals surface area contributed by atoms with Gasteiger partial charge in [-0.3, -0.25) is 34.6 Å². The number of H-pyrrole nitrogens is 1. The number of nitrogens with zero attached hydrogens (tertiary/aromatic N) is 8. The Morgan fingerprint density at radius 2 is 0.800 bits per heavy atom. The summed E-state index contributed by atoms with van der Waals surface area (Å²) in [5, 5.41) is 4.62. The molecule has 1 N–H and O–H groups in total. The van der Waals surface area contributed by atoms with Crippen LogP contribution in [-0.2, 0) is 41.1 Å². The summed E-state index contributed by atoms with van der Waals surface area (Å²) in [6, 6.07) is 39.0. The number of likely N-dealkylation sites (tertiary alicyclic amines) is 4. The lowest BCUT2D eigenvalue weighted by molar-refractivity contribution is 0.00578. The number of fused-ring (bicyclic) bond motifs is 4. The zero-order valence-corrected chi connectivity index (χ0v) is 72.2. The number of hydrogen-bond acceptors (Lipinski definition) is 14. The highest BCUT2D eigenvalue weighted by Gasteiger charge is 2.52. The first kappa shape index (κ1) is 86.7. The van der Waals surface area contributed by atoms with Gasteiger partial charge in [0.15, 0.2) is 0 Å². The molecule has 4 amide bonds. The summed E-state index contributed by atoms with van der Waals surface area (Å²) in [5.74, 6) is 0.790. The van der Waals surface area contributed by atoms with Crippen molar-refractivity contribution in [3.63, 3.8) is 0 Å². The van der Waals surface area contributed by atoms with Crippen LogP contribution in [0.3, 0.4) is 0 Å². The van der Waals surface area contributed by atoms with Crippen LogP contribution in [0.4, 0.5) is 30.6 Å². The van der Waals surface area contributed by atoms with Gasteiger partial charge in [0.25, 0.3) is 0 Å². The smallest absolute Gasteiger partial charge is 0.444 e. The molecular formula is C85H111BBrN9O10S4. The molecule has 5 saturated heterocycles. The van der Waals surface area contributed by atoms with E-state index >= 15 is 0 Å². The van der Waals surface area contributed by atoms with Crippen LogP contribution < -0.4 is 5.46 Å². The van der Waals surface area contributed by atoms with Crippen LogP contribution in [0.1, 0.15) is 192 Å². The van der Waals surface area contributed by atoms with Crippen LogP contribution in [0.2, 0.25) is 0 Å². The third-order valence-electron chi connectivity index (χ3n) is 20.9. The summed E-state index contributed by atoms with van der Waals surface area (Å²) in [6.45, 7) is 33.9. The van der Waals surface area contributed by atoms with E-state index < -0.39 is 22.4 Å². The monoisotopic (exact) mass is 1640 g/mol. The maximum absolute atomic E-state index is 12.9. The van der Waals surface area contributed by atoms with E-state index in [0.29, 0.717) is 19.6 Å². The fourth-order valence-corrected chi connectivity index (χ4v) is 15.6. The number of nitrogens with one attached hydrogen (secondary N) is 1. The van der Waals surface area contributed by atoms with Gasteiger partial charge in [-0.1, -0.05) is 82.7 Å². The summed E-state index contributed by atoms with van der Waals surface area (Å²) < 4.78 is 36.0. The first-order valence-electron chi connectivity index (χ1n) is 37.8. The van der Waals surface area contributed by atoms with Gasteiger partial charge < -0.3 is 33.2 Å². The van der Waals surface area contributed by atoms with Crippen molar-refractivity contribution in [1.29, 1.82) is 0 Å². The van der Waals surface area contributed by atoms with Crippen LogP contribution in [0.25, 0.3) is 55.1 Å². The number of carbonyl (C=O) groups excluding carboxylic acids is 4. The van der Waals surface area contributed by atoms with Crippen molar-refractivity contribution in [2.75, 3.05) is 26.2 Å². The van der Waals surface area contributed by atoms with Crippen molar-refractivity contribution in [1.82, 2.24) is 29.6 Å². The minimum Gasteiger partial charge on any atom is -0.444 e. The topological polar surface area (TPSA) is 202 Å². The fourth-order valence-electron chi connectivity index (χ4n) is 15.2. The molecule has 0 bridgehead atoms. The Kier molecular flexibility index (Phi) is 27.0. The molecule has 0 saturated carbocycles. The fraction of sp³-hybridized carbons (Fsp3) is 0.482. The lowest BCUT2D eigenvalue weighted by Gasteiger charge is -2.32. The number of benzene rings is 6. The minimum absolute atomic E-state index is 0. The molecule has 19 nitrogen and oxygen atoms in total. The number of aromatic amines is 1. The first-order valence-corrected chi connectivity index (χ1v) is 38.6. The molecule has 0 aliphatic carbocycles. The Labute approximate surface area is 686 Å². The SMILES string of the molecule is CC(C)(C)OC(=O)N1CCCC1c1ncc(-c2ccc3cc(-c4ccc5c(c4)CC([C@@H]4CCCN4C(=O)OC(C)(C)C)=N5)ccc3c2)[nH]1.CC(C)(C)OC(=O)N1CCC[C@H]1C1=NC=C(Br)C1.CC(C)(C)OC(=O)N1CCC[C@H]1C1=Nc2ccc(-c3ccc4cc(B5OC(C)(C)C(C)(C)O5)ccc4c3)cc2C1.S.S.S.S. The van der Waals surface area contributed by atoms with E-state index in [2.05, 4.69) is 168 Å². The molecule has 110 heavy (non-hydrogen) atoms. The normalized spacial score (nSPS) is 20.3. The van der Waals surface area contributed by atoms with E-state index in [1.165, 1.54) is 27.6 Å². The number of amides is 4. The maximum Gasteiger partial charge on any atom is 0.494 e. The lowest BCUT2D eigenvalue weighted by atomic mass is 9.78. The van der Waals surface area contributed by atoms with Crippen molar-refractivity contribution in [3.8, 4) is 33.5 Å². The number of allylic oxidation sites excluding steroid dienone is 1. The van der Waals surface area contributed by atoms with Gasteiger partial charge in [0.2, 0.25) is 0 Å². The number of aliphatic imine (C=N–C) groups is 3. The predicted octanol–water partition coefficient (Wildman–Crippen LogP) is 19.7.